The van der Waals surface area contributed by atoms with Gasteiger partial charge in [0.05, 0.1) is 23.8 Å². The molecule has 2 heterocycles. The highest BCUT2D eigenvalue weighted by atomic mass is 35.5. The largest absolute Gasteiger partial charge is 0.495 e. The zero-order chi connectivity index (χ0) is 18.8. The number of aromatic nitrogens is 2. The lowest BCUT2D eigenvalue weighted by Gasteiger charge is -2.36. The predicted molar refractivity (Wildman–Crippen MR) is 107 cm³/mol. The Morgan fingerprint density at radius 2 is 1.93 bits per heavy atom. The summed E-state index contributed by atoms with van der Waals surface area (Å²) < 4.78 is 7.07. The van der Waals surface area contributed by atoms with Crippen molar-refractivity contribution in [2.45, 2.75) is 6.54 Å². The zero-order valence-corrected chi connectivity index (χ0v) is 15.9. The predicted octanol–water partition coefficient (Wildman–Crippen LogP) is 3.05. The van der Waals surface area contributed by atoms with E-state index in [1.807, 2.05) is 47.4 Å². The van der Waals surface area contributed by atoms with Gasteiger partial charge in [0.25, 0.3) is 0 Å². The maximum atomic E-state index is 12.7. The minimum atomic E-state index is 0.0946. The van der Waals surface area contributed by atoms with Crippen LogP contribution in [0.1, 0.15) is 0 Å². The van der Waals surface area contributed by atoms with Crippen LogP contribution in [0.4, 0.5) is 5.69 Å². The molecule has 3 aromatic rings. The number of hydrogen-bond donors (Lipinski definition) is 0. The number of carbonyl (C=O) groups is 1. The number of para-hydroxylation sites is 1. The van der Waals surface area contributed by atoms with Gasteiger partial charge >= 0.3 is 0 Å². The van der Waals surface area contributed by atoms with E-state index in [-0.39, 0.29) is 12.5 Å². The lowest BCUT2D eigenvalue weighted by Crippen LogP contribution is -2.49. The summed E-state index contributed by atoms with van der Waals surface area (Å²) in [5.41, 5.74) is 2.04. The molecule has 2 aromatic carbocycles. The molecule has 1 aromatic heterocycles. The Hall–Kier alpha value is -2.73. The highest BCUT2D eigenvalue weighted by Gasteiger charge is 2.22. The molecule has 0 N–H and O–H groups in total. The molecule has 1 fully saturated rings. The zero-order valence-electron chi connectivity index (χ0n) is 15.1. The van der Waals surface area contributed by atoms with E-state index in [0.717, 1.165) is 29.7 Å². The Balaban J connectivity index is 1.39. The molecule has 27 heavy (non-hydrogen) atoms. The number of amides is 1. The molecule has 1 aliphatic rings. The molecule has 6 nitrogen and oxygen atoms in total. The smallest absolute Gasteiger partial charge is 0.244 e. The molecule has 0 aliphatic carbocycles. The first kappa shape index (κ1) is 17.7. The fraction of sp³-hybridized carbons (Fsp3) is 0.300. The summed E-state index contributed by atoms with van der Waals surface area (Å²) in [5.74, 6) is 0.760. The van der Waals surface area contributed by atoms with Crippen LogP contribution in [-0.4, -0.2) is 53.9 Å². The van der Waals surface area contributed by atoms with Gasteiger partial charge in [-0.1, -0.05) is 29.8 Å². The number of benzene rings is 2. The van der Waals surface area contributed by atoms with E-state index in [2.05, 4.69) is 10.00 Å². The number of anilines is 1. The first-order valence-corrected chi connectivity index (χ1v) is 9.30. The summed E-state index contributed by atoms with van der Waals surface area (Å²) in [6.07, 6.45) is 1.80. The molecule has 0 spiro atoms. The van der Waals surface area contributed by atoms with Crippen molar-refractivity contribution in [1.29, 1.82) is 0 Å². The van der Waals surface area contributed by atoms with Crippen LogP contribution in [0.3, 0.4) is 0 Å². The number of methoxy groups -OCH3 is 1. The quantitative estimate of drug-likeness (QED) is 0.693. The Morgan fingerprint density at radius 3 is 2.70 bits per heavy atom. The molecule has 140 valence electrons. The van der Waals surface area contributed by atoms with Crippen molar-refractivity contribution in [2.24, 2.45) is 0 Å². The highest BCUT2D eigenvalue weighted by Crippen LogP contribution is 2.29. The molecule has 0 unspecified atom stereocenters. The van der Waals surface area contributed by atoms with Crippen molar-refractivity contribution >= 4 is 34.1 Å². The van der Waals surface area contributed by atoms with Gasteiger partial charge in [-0.05, 0) is 18.2 Å². The first-order chi connectivity index (χ1) is 13.2. The van der Waals surface area contributed by atoms with E-state index in [4.69, 9.17) is 16.3 Å². The monoisotopic (exact) mass is 384 g/mol. The number of rotatable bonds is 4. The van der Waals surface area contributed by atoms with E-state index in [0.29, 0.717) is 23.9 Å². The highest BCUT2D eigenvalue weighted by molar-refractivity contribution is 6.32. The number of nitrogens with zero attached hydrogens (tertiary/aromatic N) is 4. The van der Waals surface area contributed by atoms with Crippen molar-refractivity contribution < 1.29 is 9.53 Å². The van der Waals surface area contributed by atoms with Gasteiger partial charge in [0.15, 0.2) is 0 Å². The molecule has 1 saturated heterocycles. The maximum Gasteiger partial charge on any atom is 0.244 e. The second kappa shape index (κ2) is 7.48. The average Bonchev–Trinajstić information content (AvgIpc) is 3.11. The minimum absolute atomic E-state index is 0.0946. The number of ether oxygens (including phenoxy) is 1. The van der Waals surface area contributed by atoms with Crippen LogP contribution in [0.15, 0.2) is 48.7 Å². The normalized spacial score (nSPS) is 14.6. The fourth-order valence-electron chi connectivity index (χ4n) is 3.44. The lowest BCUT2D eigenvalue weighted by molar-refractivity contribution is -0.132. The third-order valence-corrected chi connectivity index (χ3v) is 5.28. The Bertz CT molecular complexity index is 964. The molecule has 0 atom stereocenters. The van der Waals surface area contributed by atoms with Gasteiger partial charge < -0.3 is 14.5 Å². The van der Waals surface area contributed by atoms with Gasteiger partial charge in [0.1, 0.15) is 12.3 Å². The second-order valence-corrected chi connectivity index (χ2v) is 6.95. The third kappa shape index (κ3) is 3.57. The Morgan fingerprint density at radius 1 is 1.15 bits per heavy atom. The molecule has 7 heteroatoms. The molecule has 1 aliphatic heterocycles. The molecule has 0 radical (unpaired) electrons. The van der Waals surface area contributed by atoms with Gasteiger partial charge in [-0.25, -0.2) is 0 Å². The number of piperazine rings is 1. The summed E-state index contributed by atoms with van der Waals surface area (Å²) in [7, 11) is 1.61. The molecule has 1 amide bonds. The minimum Gasteiger partial charge on any atom is -0.495 e. The molecular formula is C20H21ClN4O2. The van der Waals surface area contributed by atoms with Crippen LogP contribution < -0.4 is 9.64 Å². The van der Waals surface area contributed by atoms with E-state index in [9.17, 15) is 4.79 Å². The first-order valence-electron chi connectivity index (χ1n) is 8.92. The summed E-state index contributed by atoms with van der Waals surface area (Å²) in [6.45, 7) is 3.18. The van der Waals surface area contributed by atoms with Crippen molar-refractivity contribution in [2.75, 3.05) is 38.2 Å². The van der Waals surface area contributed by atoms with Crippen molar-refractivity contribution in [1.82, 2.24) is 14.7 Å². The standard InChI is InChI=1S/C20H21ClN4O2/c1-27-19-12-16(6-7-17(19)21)23-8-10-24(11-9-23)20(26)14-25-18-5-3-2-4-15(18)13-22-25/h2-7,12-13H,8-11,14H2,1H3. The Kier molecular flexibility index (Phi) is 4.90. The molecule has 0 bridgehead atoms. The number of halogens is 1. The third-order valence-electron chi connectivity index (χ3n) is 4.97. The van der Waals surface area contributed by atoms with Gasteiger partial charge in [-0.2, -0.15) is 5.10 Å². The Labute approximate surface area is 162 Å². The van der Waals surface area contributed by atoms with Crippen molar-refractivity contribution in [3.63, 3.8) is 0 Å². The van der Waals surface area contributed by atoms with Crippen LogP contribution >= 0.6 is 11.6 Å². The summed E-state index contributed by atoms with van der Waals surface area (Å²) in [5, 5.41) is 6.00. The molecule has 0 saturated carbocycles. The van der Waals surface area contributed by atoms with Gasteiger partial charge in [0.2, 0.25) is 5.91 Å². The van der Waals surface area contributed by atoms with Crippen molar-refractivity contribution in [3.8, 4) is 5.75 Å². The van der Waals surface area contributed by atoms with E-state index >= 15 is 0 Å². The van der Waals surface area contributed by atoms with E-state index < -0.39 is 0 Å². The van der Waals surface area contributed by atoms with Crippen LogP contribution in [0, 0.1) is 0 Å². The average molecular weight is 385 g/mol. The molecular weight excluding hydrogens is 364 g/mol. The summed E-state index contributed by atoms with van der Waals surface area (Å²) in [6, 6.07) is 13.7. The van der Waals surface area contributed by atoms with Gasteiger partial charge in [-0.3, -0.25) is 9.48 Å². The van der Waals surface area contributed by atoms with E-state index in [1.54, 1.807) is 18.0 Å². The maximum absolute atomic E-state index is 12.7. The topological polar surface area (TPSA) is 50.6 Å². The summed E-state index contributed by atoms with van der Waals surface area (Å²) in [4.78, 5) is 16.9. The number of carbonyl (C=O) groups excluding carboxylic acids is 1. The van der Waals surface area contributed by atoms with Crippen molar-refractivity contribution in [3.05, 3.63) is 53.7 Å². The lowest BCUT2D eigenvalue weighted by atomic mass is 10.2. The van der Waals surface area contributed by atoms with Gasteiger partial charge in [-0.15, -0.1) is 0 Å². The van der Waals surface area contributed by atoms with Gasteiger partial charge in [0, 0.05) is 43.3 Å². The number of hydrogen-bond acceptors (Lipinski definition) is 4. The SMILES string of the molecule is COc1cc(N2CCN(C(=O)Cn3ncc4ccccc43)CC2)ccc1Cl. The molecule has 4 rings (SSSR count). The van der Waals surface area contributed by atoms with Crippen LogP contribution in [-0.2, 0) is 11.3 Å². The fourth-order valence-corrected chi connectivity index (χ4v) is 3.63. The summed E-state index contributed by atoms with van der Waals surface area (Å²) >= 11 is 6.10. The van der Waals surface area contributed by atoms with E-state index in [1.165, 1.54) is 0 Å². The number of fused-ring (bicyclic) bond motifs is 1. The second-order valence-electron chi connectivity index (χ2n) is 6.55. The van der Waals surface area contributed by atoms with Crippen LogP contribution in [0.5, 0.6) is 5.75 Å². The van der Waals surface area contributed by atoms with Crippen LogP contribution in [0.25, 0.3) is 10.9 Å². The van der Waals surface area contributed by atoms with Crippen LogP contribution in [0.2, 0.25) is 5.02 Å².